The number of halogens is 1. The number of carbonyl (C=O) groups is 1. The Bertz CT molecular complexity index is 1140. The summed E-state index contributed by atoms with van der Waals surface area (Å²) in [6.45, 7) is 1.83. The zero-order chi connectivity index (χ0) is 20.5. The molecule has 0 spiro atoms. The molecule has 2 aromatic carbocycles. The smallest absolute Gasteiger partial charge is 0.346 e. The monoisotopic (exact) mass is 437 g/mol. The van der Waals surface area contributed by atoms with Gasteiger partial charge >= 0.3 is 5.97 Å². The van der Waals surface area contributed by atoms with Gasteiger partial charge in [-0.05, 0) is 47.9 Å². The van der Waals surface area contributed by atoms with Gasteiger partial charge in [0.25, 0.3) is 0 Å². The summed E-state index contributed by atoms with van der Waals surface area (Å²) in [5.74, 6) is -0.478. The first-order valence-corrected chi connectivity index (χ1v) is 10.9. The van der Waals surface area contributed by atoms with Crippen LogP contribution in [0.4, 0.5) is 0 Å². The number of carboxylic acids is 1. The predicted octanol–water partition coefficient (Wildman–Crippen LogP) is 4.31. The minimum Gasteiger partial charge on any atom is -0.478 e. The van der Waals surface area contributed by atoms with Gasteiger partial charge in [0.2, 0.25) is 10.0 Å². The number of ether oxygens (including phenoxy) is 1. The highest BCUT2D eigenvalue weighted by Gasteiger charge is 2.22. The van der Waals surface area contributed by atoms with E-state index in [-0.39, 0.29) is 15.8 Å². The zero-order valence-electron chi connectivity index (χ0n) is 14.7. The summed E-state index contributed by atoms with van der Waals surface area (Å²) in [4.78, 5) is 12.8. The van der Waals surface area contributed by atoms with E-state index in [0.717, 1.165) is 27.3 Å². The van der Waals surface area contributed by atoms with Crippen LogP contribution in [0, 0.1) is 6.92 Å². The summed E-state index contributed by atoms with van der Waals surface area (Å²) in [5.41, 5.74) is 2.71. The highest BCUT2D eigenvalue weighted by atomic mass is 35.5. The number of carboxylic acid groups (broad SMARTS) is 1. The van der Waals surface area contributed by atoms with Gasteiger partial charge in [0.05, 0.1) is 4.90 Å². The molecule has 0 saturated carbocycles. The Morgan fingerprint density at radius 2 is 1.86 bits per heavy atom. The Kier molecular flexibility index (Phi) is 5.76. The molecule has 0 bridgehead atoms. The normalized spacial score (nSPS) is 11.4. The van der Waals surface area contributed by atoms with E-state index in [0.29, 0.717) is 16.9 Å². The maximum absolute atomic E-state index is 11.8. The third-order valence-corrected chi connectivity index (χ3v) is 6.50. The van der Waals surface area contributed by atoms with Crippen molar-refractivity contribution >= 4 is 38.9 Å². The van der Waals surface area contributed by atoms with Gasteiger partial charge in [-0.3, -0.25) is 0 Å². The number of rotatable bonds is 6. The molecular weight excluding hydrogens is 422 g/mol. The molecule has 28 heavy (non-hydrogen) atoms. The van der Waals surface area contributed by atoms with Gasteiger partial charge < -0.3 is 9.84 Å². The molecule has 0 radical (unpaired) electrons. The number of hydrogen-bond donors (Lipinski definition) is 2. The molecule has 0 unspecified atom stereocenters. The van der Waals surface area contributed by atoms with E-state index in [1.54, 1.807) is 30.3 Å². The van der Waals surface area contributed by atoms with Gasteiger partial charge in [-0.1, -0.05) is 35.9 Å². The minimum atomic E-state index is -3.82. The molecule has 3 aromatic rings. The molecule has 3 rings (SSSR count). The van der Waals surface area contributed by atoms with E-state index in [4.69, 9.17) is 21.5 Å². The Morgan fingerprint density at radius 1 is 1.18 bits per heavy atom. The lowest BCUT2D eigenvalue weighted by Gasteiger charge is -2.07. The van der Waals surface area contributed by atoms with E-state index in [1.807, 2.05) is 13.0 Å². The van der Waals surface area contributed by atoms with Crippen molar-refractivity contribution in [1.29, 1.82) is 0 Å². The molecule has 0 amide bonds. The summed E-state index contributed by atoms with van der Waals surface area (Å²) >= 11 is 6.76. The van der Waals surface area contributed by atoms with Crippen LogP contribution in [0.25, 0.3) is 21.6 Å². The first-order valence-electron chi connectivity index (χ1n) is 8.01. The zero-order valence-corrected chi connectivity index (χ0v) is 17.1. The lowest BCUT2D eigenvalue weighted by Crippen LogP contribution is -2.11. The number of alkyl halides is 1. The second-order valence-corrected chi connectivity index (χ2v) is 8.72. The standard InChI is InChI=1S/C19H16ClNO5S2/c1-11-16(12-5-7-15(8-6-12)28(21,24)25)18(19(22)23)27-17(11)13-3-2-4-14(9-13)26-10-20/h2-9H,10H2,1H3,(H,22,23)(H2,21,24,25). The van der Waals surface area contributed by atoms with E-state index < -0.39 is 16.0 Å². The molecule has 3 N–H and O–H groups in total. The van der Waals surface area contributed by atoms with Crippen molar-refractivity contribution in [3.8, 4) is 27.3 Å². The van der Waals surface area contributed by atoms with Gasteiger partial charge in [-0.15, -0.1) is 11.3 Å². The predicted molar refractivity (Wildman–Crippen MR) is 110 cm³/mol. The summed E-state index contributed by atoms with van der Waals surface area (Å²) in [7, 11) is -3.82. The number of thiophene rings is 1. The molecule has 0 aliphatic heterocycles. The van der Waals surface area contributed by atoms with E-state index in [2.05, 4.69) is 0 Å². The third-order valence-electron chi connectivity index (χ3n) is 4.13. The summed E-state index contributed by atoms with van der Waals surface area (Å²) in [6.07, 6.45) is 0. The fourth-order valence-corrected chi connectivity index (χ4v) is 4.69. The van der Waals surface area contributed by atoms with Crippen LogP contribution in [0.5, 0.6) is 5.75 Å². The average Bonchev–Trinajstić information content (AvgIpc) is 2.99. The van der Waals surface area contributed by atoms with Crippen LogP contribution in [-0.4, -0.2) is 25.6 Å². The molecule has 0 aliphatic rings. The highest BCUT2D eigenvalue weighted by Crippen LogP contribution is 2.42. The molecule has 1 heterocycles. The SMILES string of the molecule is Cc1c(-c2cccc(OCCl)c2)sc(C(=O)O)c1-c1ccc(S(N)(=O)=O)cc1. The Hall–Kier alpha value is -2.39. The van der Waals surface area contributed by atoms with Gasteiger partial charge in [-0.2, -0.15) is 0 Å². The lowest BCUT2D eigenvalue weighted by atomic mass is 9.99. The fourth-order valence-electron chi connectivity index (χ4n) is 2.89. The van der Waals surface area contributed by atoms with Gasteiger partial charge in [0.15, 0.2) is 6.07 Å². The fraction of sp³-hybridized carbons (Fsp3) is 0.105. The van der Waals surface area contributed by atoms with Crippen molar-refractivity contribution in [2.75, 3.05) is 6.07 Å². The number of aromatic carboxylic acids is 1. The van der Waals surface area contributed by atoms with Crippen LogP contribution in [0.15, 0.2) is 53.4 Å². The van der Waals surface area contributed by atoms with E-state index >= 15 is 0 Å². The first kappa shape index (κ1) is 20.3. The average molecular weight is 438 g/mol. The number of benzene rings is 2. The van der Waals surface area contributed by atoms with Crippen LogP contribution in [-0.2, 0) is 10.0 Å². The van der Waals surface area contributed by atoms with Crippen molar-refractivity contribution in [3.05, 3.63) is 59.0 Å². The van der Waals surface area contributed by atoms with Crippen LogP contribution in [0.3, 0.4) is 0 Å². The Balaban J connectivity index is 2.15. The first-order chi connectivity index (χ1) is 13.2. The summed E-state index contributed by atoms with van der Waals surface area (Å²) in [5, 5.41) is 14.8. The molecule has 9 heteroatoms. The second-order valence-electron chi connectivity index (χ2n) is 5.92. The quantitative estimate of drug-likeness (QED) is 0.559. The van der Waals surface area contributed by atoms with Crippen molar-refractivity contribution in [2.45, 2.75) is 11.8 Å². The minimum absolute atomic E-state index is 0.00883. The second kappa shape index (κ2) is 7.92. The van der Waals surface area contributed by atoms with Crippen molar-refractivity contribution < 1.29 is 23.1 Å². The molecular formula is C19H16ClNO5S2. The number of sulfonamides is 1. The van der Waals surface area contributed by atoms with Gasteiger partial charge in [0, 0.05) is 10.4 Å². The van der Waals surface area contributed by atoms with Gasteiger partial charge in [-0.25, -0.2) is 18.4 Å². The third kappa shape index (κ3) is 4.05. The van der Waals surface area contributed by atoms with Crippen molar-refractivity contribution in [2.24, 2.45) is 5.14 Å². The molecule has 0 fully saturated rings. The topological polar surface area (TPSA) is 107 Å². The van der Waals surface area contributed by atoms with Crippen LogP contribution < -0.4 is 9.88 Å². The molecule has 0 aliphatic carbocycles. The van der Waals surface area contributed by atoms with Crippen molar-refractivity contribution in [1.82, 2.24) is 0 Å². The maximum Gasteiger partial charge on any atom is 0.346 e. The highest BCUT2D eigenvalue weighted by molar-refractivity contribution is 7.89. The lowest BCUT2D eigenvalue weighted by molar-refractivity contribution is 0.0703. The molecule has 1 aromatic heterocycles. The van der Waals surface area contributed by atoms with Crippen LogP contribution in [0.1, 0.15) is 15.2 Å². The van der Waals surface area contributed by atoms with E-state index in [9.17, 15) is 18.3 Å². The summed E-state index contributed by atoms with van der Waals surface area (Å²) < 4.78 is 28.2. The molecule has 146 valence electrons. The van der Waals surface area contributed by atoms with Crippen LogP contribution >= 0.6 is 22.9 Å². The van der Waals surface area contributed by atoms with Gasteiger partial charge in [0.1, 0.15) is 10.6 Å². The Morgan fingerprint density at radius 3 is 2.43 bits per heavy atom. The van der Waals surface area contributed by atoms with Crippen molar-refractivity contribution in [3.63, 3.8) is 0 Å². The maximum atomic E-state index is 11.8. The molecule has 6 nitrogen and oxygen atoms in total. The molecule has 0 saturated heterocycles. The Labute approximate surface area is 171 Å². The molecule has 0 atom stereocenters. The van der Waals surface area contributed by atoms with E-state index in [1.165, 1.54) is 12.1 Å². The number of hydrogen-bond acceptors (Lipinski definition) is 5. The van der Waals surface area contributed by atoms with Crippen LogP contribution in [0.2, 0.25) is 0 Å². The number of nitrogens with two attached hydrogens (primary N) is 1. The number of primary sulfonamides is 1. The summed E-state index contributed by atoms with van der Waals surface area (Å²) in [6, 6.07) is 13.1. The largest absolute Gasteiger partial charge is 0.478 e.